The predicted molar refractivity (Wildman–Crippen MR) is 71.7 cm³/mol. The minimum atomic E-state index is -0.155. The molecule has 0 aliphatic carbocycles. The van der Waals surface area contributed by atoms with E-state index in [2.05, 4.69) is 16.4 Å². The molecular formula is C14H16N4O. The highest BCUT2D eigenvalue weighted by atomic mass is 16.1. The van der Waals surface area contributed by atoms with Crippen LogP contribution < -0.4 is 5.32 Å². The second kappa shape index (κ2) is 5.53. The highest BCUT2D eigenvalue weighted by molar-refractivity contribution is 5.94. The Labute approximate surface area is 111 Å². The molecule has 2 heterocycles. The summed E-state index contributed by atoms with van der Waals surface area (Å²) < 4.78 is 1.88. The van der Waals surface area contributed by atoms with Gasteiger partial charge in [0.2, 0.25) is 0 Å². The molecule has 0 saturated carbocycles. The molecule has 0 radical (unpaired) electrons. The van der Waals surface area contributed by atoms with E-state index >= 15 is 0 Å². The molecule has 5 nitrogen and oxygen atoms in total. The maximum Gasteiger partial charge on any atom is 0.253 e. The maximum atomic E-state index is 12.1. The number of carbonyl (C=O) groups excluding carboxylic acids is 1. The Balaban J connectivity index is 2.21. The number of nitrogens with zero attached hydrogens (tertiary/aromatic N) is 3. The minimum absolute atomic E-state index is 0.0999. The number of amides is 1. The summed E-state index contributed by atoms with van der Waals surface area (Å²) >= 11 is 0. The first-order valence-corrected chi connectivity index (χ1v) is 6.27. The fraction of sp³-hybridized carbons (Fsp3) is 0.357. The summed E-state index contributed by atoms with van der Waals surface area (Å²) in [7, 11) is 0. The molecule has 0 spiro atoms. The summed E-state index contributed by atoms with van der Waals surface area (Å²) in [6, 6.07) is 5.61. The van der Waals surface area contributed by atoms with Gasteiger partial charge in [0.25, 0.3) is 5.91 Å². The van der Waals surface area contributed by atoms with Crippen LogP contribution in [0.1, 0.15) is 35.9 Å². The lowest BCUT2D eigenvalue weighted by Crippen LogP contribution is -2.34. The zero-order valence-electron chi connectivity index (χ0n) is 11.1. The van der Waals surface area contributed by atoms with E-state index in [4.69, 9.17) is 5.26 Å². The Kier molecular flexibility index (Phi) is 3.81. The topological polar surface area (TPSA) is 70.2 Å². The molecule has 5 heteroatoms. The van der Waals surface area contributed by atoms with E-state index in [1.807, 2.05) is 24.3 Å². The SMILES string of the molecule is CCC(CC#N)NC(=O)c1ccc2cnc(C)n2c1. The third-order valence-corrected chi connectivity index (χ3v) is 3.14. The summed E-state index contributed by atoms with van der Waals surface area (Å²) in [5.74, 6) is 0.686. The zero-order valence-corrected chi connectivity index (χ0v) is 11.1. The van der Waals surface area contributed by atoms with Crippen LogP contribution in [0.2, 0.25) is 0 Å². The van der Waals surface area contributed by atoms with E-state index in [1.54, 1.807) is 18.5 Å². The molecule has 19 heavy (non-hydrogen) atoms. The van der Waals surface area contributed by atoms with Gasteiger partial charge in [-0.1, -0.05) is 6.92 Å². The summed E-state index contributed by atoms with van der Waals surface area (Å²) in [5.41, 5.74) is 1.53. The summed E-state index contributed by atoms with van der Waals surface area (Å²) in [4.78, 5) is 16.3. The quantitative estimate of drug-likeness (QED) is 0.910. The Morgan fingerprint density at radius 1 is 1.58 bits per heavy atom. The fourth-order valence-corrected chi connectivity index (χ4v) is 1.93. The van der Waals surface area contributed by atoms with Crippen molar-refractivity contribution in [1.82, 2.24) is 14.7 Å². The second-order valence-corrected chi connectivity index (χ2v) is 4.46. The summed E-state index contributed by atoms with van der Waals surface area (Å²) in [5, 5.41) is 11.6. The van der Waals surface area contributed by atoms with Gasteiger partial charge < -0.3 is 9.72 Å². The van der Waals surface area contributed by atoms with Gasteiger partial charge in [0, 0.05) is 12.2 Å². The van der Waals surface area contributed by atoms with E-state index in [0.717, 1.165) is 17.8 Å². The van der Waals surface area contributed by atoms with Crippen LogP contribution in [0.5, 0.6) is 0 Å². The highest BCUT2D eigenvalue weighted by Crippen LogP contribution is 2.09. The first-order valence-electron chi connectivity index (χ1n) is 6.27. The molecule has 0 fully saturated rings. The number of aromatic nitrogens is 2. The Morgan fingerprint density at radius 3 is 3.05 bits per heavy atom. The first kappa shape index (κ1) is 13.1. The monoisotopic (exact) mass is 256 g/mol. The molecule has 2 rings (SSSR count). The first-order chi connectivity index (χ1) is 9.15. The van der Waals surface area contributed by atoms with E-state index in [9.17, 15) is 4.79 Å². The van der Waals surface area contributed by atoms with Crippen molar-refractivity contribution >= 4 is 11.4 Å². The lowest BCUT2D eigenvalue weighted by Gasteiger charge is -2.13. The number of pyridine rings is 1. The predicted octanol–water partition coefficient (Wildman–Crippen LogP) is 2.06. The van der Waals surface area contributed by atoms with Crippen molar-refractivity contribution in [3.05, 3.63) is 35.9 Å². The summed E-state index contributed by atoms with van der Waals surface area (Å²) in [6.07, 6.45) is 4.61. The lowest BCUT2D eigenvalue weighted by molar-refractivity contribution is 0.0936. The van der Waals surface area contributed by atoms with Crippen LogP contribution in [-0.4, -0.2) is 21.3 Å². The van der Waals surface area contributed by atoms with Gasteiger partial charge in [-0.25, -0.2) is 4.98 Å². The van der Waals surface area contributed by atoms with Gasteiger partial charge in [0.15, 0.2) is 0 Å². The molecule has 0 aliphatic heterocycles. The number of hydrogen-bond acceptors (Lipinski definition) is 3. The molecule has 1 N–H and O–H groups in total. The lowest BCUT2D eigenvalue weighted by atomic mass is 10.1. The third kappa shape index (κ3) is 2.74. The van der Waals surface area contributed by atoms with Crippen LogP contribution in [0.4, 0.5) is 0 Å². The Morgan fingerprint density at radius 2 is 2.37 bits per heavy atom. The number of nitrogens with one attached hydrogen (secondary N) is 1. The molecule has 0 aliphatic rings. The van der Waals surface area contributed by atoms with Crippen LogP contribution in [-0.2, 0) is 0 Å². The van der Waals surface area contributed by atoms with Crippen LogP contribution in [0.15, 0.2) is 24.5 Å². The van der Waals surface area contributed by atoms with Gasteiger partial charge in [-0.3, -0.25) is 4.79 Å². The molecule has 1 amide bonds. The van der Waals surface area contributed by atoms with Crippen molar-refractivity contribution < 1.29 is 4.79 Å². The molecule has 0 aromatic carbocycles. The van der Waals surface area contributed by atoms with Crippen molar-refractivity contribution in [2.75, 3.05) is 0 Å². The normalized spacial score (nSPS) is 12.1. The molecule has 98 valence electrons. The van der Waals surface area contributed by atoms with Crippen LogP contribution >= 0.6 is 0 Å². The molecule has 2 aromatic rings. The van der Waals surface area contributed by atoms with E-state index in [0.29, 0.717) is 12.0 Å². The maximum absolute atomic E-state index is 12.1. The second-order valence-electron chi connectivity index (χ2n) is 4.46. The van der Waals surface area contributed by atoms with Crippen LogP contribution in [0.3, 0.4) is 0 Å². The van der Waals surface area contributed by atoms with E-state index < -0.39 is 0 Å². The number of nitriles is 1. The number of rotatable bonds is 4. The van der Waals surface area contributed by atoms with Crippen molar-refractivity contribution in [3.63, 3.8) is 0 Å². The molecule has 1 unspecified atom stereocenters. The van der Waals surface area contributed by atoms with Gasteiger partial charge in [0.1, 0.15) is 5.82 Å². The number of imidazole rings is 1. The van der Waals surface area contributed by atoms with Gasteiger partial charge in [-0.15, -0.1) is 0 Å². The van der Waals surface area contributed by atoms with Crippen LogP contribution in [0, 0.1) is 18.3 Å². The molecule has 1 atom stereocenters. The van der Waals surface area contributed by atoms with Crippen molar-refractivity contribution in [3.8, 4) is 6.07 Å². The molecule has 0 bridgehead atoms. The van der Waals surface area contributed by atoms with Crippen molar-refractivity contribution in [2.45, 2.75) is 32.7 Å². The zero-order chi connectivity index (χ0) is 13.8. The molecule has 2 aromatic heterocycles. The van der Waals surface area contributed by atoms with Gasteiger partial charge >= 0.3 is 0 Å². The van der Waals surface area contributed by atoms with Gasteiger partial charge in [0.05, 0.1) is 29.8 Å². The van der Waals surface area contributed by atoms with Crippen molar-refractivity contribution in [2.24, 2.45) is 0 Å². The number of aryl methyl sites for hydroxylation is 1. The standard InChI is InChI=1S/C14H16N4O/c1-3-12(6-7-15)17-14(19)11-4-5-13-8-16-10(2)18(13)9-11/h4-5,8-9,12H,3,6H2,1-2H3,(H,17,19). The van der Waals surface area contributed by atoms with Gasteiger partial charge in [-0.05, 0) is 25.5 Å². The average Bonchev–Trinajstić information content (AvgIpc) is 2.79. The summed E-state index contributed by atoms with van der Waals surface area (Å²) in [6.45, 7) is 3.84. The third-order valence-electron chi connectivity index (χ3n) is 3.14. The Bertz CT molecular complexity index is 638. The van der Waals surface area contributed by atoms with Gasteiger partial charge in [-0.2, -0.15) is 5.26 Å². The number of carbonyl (C=O) groups is 1. The molecule has 0 saturated heterocycles. The van der Waals surface area contributed by atoms with E-state index in [-0.39, 0.29) is 11.9 Å². The number of fused-ring (bicyclic) bond motifs is 1. The van der Waals surface area contributed by atoms with Crippen LogP contribution in [0.25, 0.3) is 5.52 Å². The smallest absolute Gasteiger partial charge is 0.253 e. The minimum Gasteiger partial charge on any atom is -0.348 e. The molecular weight excluding hydrogens is 240 g/mol. The largest absolute Gasteiger partial charge is 0.348 e. The van der Waals surface area contributed by atoms with Crippen molar-refractivity contribution in [1.29, 1.82) is 5.26 Å². The highest BCUT2D eigenvalue weighted by Gasteiger charge is 2.12. The Hall–Kier alpha value is -2.35. The average molecular weight is 256 g/mol. The number of hydrogen-bond donors (Lipinski definition) is 1. The fourth-order valence-electron chi connectivity index (χ4n) is 1.93. The van der Waals surface area contributed by atoms with E-state index in [1.165, 1.54) is 0 Å².